The average molecular weight is 634 g/mol. The van der Waals surface area contributed by atoms with Gasteiger partial charge in [-0.1, -0.05) is 64.1 Å². The maximum absolute atomic E-state index is 5.34. The largest absolute Gasteiger partial charge is 0.378 e. The SMILES string of the molecule is CCc1nc2c(-c3ccc(-c4ccc(N(C)C)cc4)cc3)c3nsnc3c(-c3cc4sc(CC(C)C)cc4s3)c2nc1CC. The zero-order valence-electron chi connectivity index (χ0n) is 25.9. The van der Waals surface area contributed by atoms with Crippen LogP contribution in [0.25, 0.3) is 64.2 Å². The van der Waals surface area contributed by atoms with Gasteiger partial charge in [0.25, 0.3) is 0 Å². The maximum Gasteiger partial charge on any atom is 0.116 e. The highest BCUT2D eigenvalue weighted by atomic mass is 32.1. The van der Waals surface area contributed by atoms with Gasteiger partial charge in [-0.2, -0.15) is 8.75 Å². The fraction of sp³-hybridized carbons (Fsp3) is 0.278. The number of nitrogens with zero attached hydrogens (tertiary/aromatic N) is 5. The first kappa shape index (κ1) is 29.0. The molecule has 0 bridgehead atoms. The molecule has 3 aromatic carbocycles. The Bertz CT molecular complexity index is 2080. The Morgan fingerprint density at radius 1 is 0.659 bits per heavy atom. The summed E-state index contributed by atoms with van der Waals surface area (Å²) in [5.74, 6) is 0.646. The number of anilines is 1. The highest BCUT2D eigenvalue weighted by Gasteiger charge is 2.25. The second kappa shape index (κ2) is 11.7. The van der Waals surface area contributed by atoms with Crippen molar-refractivity contribution in [2.45, 2.75) is 47.0 Å². The lowest BCUT2D eigenvalue weighted by Gasteiger charge is -2.15. The molecule has 0 unspecified atom stereocenters. The van der Waals surface area contributed by atoms with Crippen molar-refractivity contribution in [3.05, 3.63) is 76.9 Å². The molecule has 5 nitrogen and oxygen atoms in total. The molecular weight excluding hydrogens is 599 g/mol. The normalized spacial score (nSPS) is 11.9. The van der Waals surface area contributed by atoms with E-state index in [1.54, 1.807) is 0 Å². The third-order valence-corrected chi connectivity index (χ3v) is 11.0. The minimum absolute atomic E-state index is 0.646. The van der Waals surface area contributed by atoms with E-state index in [2.05, 4.69) is 107 Å². The summed E-state index contributed by atoms with van der Waals surface area (Å²) in [4.78, 5) is 15.4. The number of aromatic nitrogens is 4. The number of thiophene rings is 2. The number of hydrogen-bond donors (Lipinski definition) is 0. The van der Waals surface area contributed by atoms with E-state index in [4.69, 9.17) is 18.7 Å². The minimum atomic E-state index is 0.646. The molecule has 8 heteroatoms. The van der Waals surface area contributed by atoms with Crippen molar-refractivity contribution >= 4 is 71.6 Å². The molecule has 0 aliphatic carbocycles. The smallest absolute Gasteiger partial charge is 0.116 e. The summed E-state index contributed by atoms with van der Waals surface area (Å²) in [6, 6.07) is 22.2. The second-order valence-corrected chi connectivity index (χ2v) is 14.7. The maximum atomic E-state index is 5.34. The minimum Gasteiger partial charge on any atom is -0.378 e. The zero-order chi connectivity index (χ0) is 30.5. The highest BCUT2D eigenvalue weighted by molar-refractivity contribution is 7.29. The third kappa shape index (κ3) is 5.09. The number of benzene rings is 3. The monoisotopic (exact) mass is 633 g/mol. The highest BCUT2D eigenvalue weighted by Crippen LogP contribution is 2.46. The van der Waals surface area contributed by atoms with Crippen molar-refractivity contribution in [1.29, 1.82) is 0 Å². The van der Waals surface area contributed by atoms with Crippen molar-refractivity contribution in [1.82, 2.24) is 18.7 Å². The van der Waals surface area contributed by atoms with Gasteiger partial charge in [0.15, 0.2) is 0 Å². The van der Waals surface area contributed by atoms with E-state index in [-0.39, 0.29) is 0 Å². The lowest BCUT2D eigenvalue weighted by Crippen LogP contribution is -2.07. The molecule has 4 aromatic heterocycles. The Labute approximate surface area is 270 Å². The van der Waals surface area contributed by atoms with Crippen molar-refractivity contribution < 1.29 is 0 Å². The van der Waals surface area contributed by atoms with Crippen LogP contribution < -0.4 is 4.90 Å². The molecule has 0 amide bonds. The Morgan fingerprint density at radius 2 is 1.20 bits per heavy atom. The van der Waals surface area contributed by atoms with Crippen LogP contribution in [0.1, 0.15) is 44.0 Å². The molecule has 0 aliphatic heterocycles. The first-order valence-electron chi connectivity index (χ1n) is 15.2. The van der Waals surface area contributed by atoms with Gasteiger partial charge >= 0.3 is 0 Å². The molecule has 222 valence electrons. The fourth-order valence-corrected chi connectivity index (χ4v) is 9.20. The predicted molar refractivity (Wildman–Crippen MR) is 192 cm³/mol. The van der Waals surface area contributed by atoms with Crippen LogP contribution in [-0.4, -0.2) is 32.8 Å². The van der Waals surface area contributed by atoms with Gasteiger partial charge < -0.3 is 4.90 Å². The molecule has 0 spiro atoms. The Hall–Kier alpha value is -3.72. The Kier molecular flexibility index (Phi) is 7.69. The number of rotatable bonds is 8. The zero-order valence-corrected chi connectivity index (χ0v) is 28.4. The predicted octanol–water partition coefficient (Wildman–Crippen LogP) is 10.3. The van der Waals surface area contributed by atoms with Crippen molar-refractivity contribution in [2.24, 2.45) is 5.92 Å². The molecular formula is C36H35N5S3. The van der Waals surface area contributed by atoms with Crippen molar-refractivity contribution in [3.63, 3.8) is 0 Å². The average Bonchev–Trinajstić information content (AvgIpc) is 3.74. The molecule has 0 saturated heterocycles. The number of aryl methyl sites for hydroxylation is 2. The van der Waals surface area contributed by atoms with Crippen molar-refractivity contribution in [2.75, 3.05) is 19.0 Å². The van der Waals surface area contributed by atoms with Crippen LogP contribution in [0.5, 0.6) is 0 Å². The van der Waals surface area contributed by atoms with Gasteiger partial charge in [-0.3, -0.25) is 0 Å². The molecule has 0 N–H and O–H groups in total. The van der Waals surface area contributed by atoms with E-state index in [0.29, 0.717) is 5.92 Å². The van der Waals surface area contributed by atoms with E-state index < -0.39 is 0 Å². The summed E-state index contributed by atoms with van der Waals surface area (Å²) < 4.78 is 12.4. The van der Waals surface area contributed by atoms with Gasteiger partial charge in [0.05, 0.1) is 28.6 Å². The lowest BCUT2D eigenvalue weighted by molar-refractivity contribution is 0.654. The standard InChI is InChI=1S/C36H35N5S3/c1-7-26-27(8-2)38-34-32(30-19-29-28(43-30)18-25(42-29)17-20(3)4)36-35(39-44-40-36)31(33(34)37-26)23-11-9-21(10-12-23)22-13-15-24(16-14-22)41(5)6/h9-16,18-20H,7-8,17H2,1-6H3. The van der Waals surface area contributed by atoms with Crippen molar-refractivity contribution in [3.8, 4) is 32.7 Å². The van der Waals surface area contributed by atoms with Gasteiger partial charge in [-0.25, -0.2) is 9.97 Å². The summed E-state index contributed by atoms with van der Waals surface area (Å²) in [6.07, 6.45) is 2.79. The van der Waals surface area contributed by atoms with Crippen LogP contribution in [0, 0.1) is 5.92 Å². The molecule has 7 aromatic rings. The molecule has 0 fully saturated rings. The van der Waals surface area contributed by atoms with Gasteiger partial charge in [-0.05, 0) is 66.1 Å². The molecule has 0 saturated carbocycles. The molecule has 4 heterocycles. The molecule has 0 radical (unpaired) electrons. The summed E-state index contributed by atoms with van der Waals surface area (Å²) >= 11 is 5.01. The number of fused-ring (bicyclic) bond motifs is 3. The van der Waals surface area contributed by atoms with E-state index in [0.717, 1.165) is 69.4 Å². The Morgan fingerprint density at radius 3 is 1.77 bits per heavy atom. The van der Waals surface area contributed by atoms with Crippen LogP contribution in [0.3, 0.4) is 0 Å². The van der Waals surface area contributed by atoms with Gasteiger partial charge in [0.1, 0.15) is 16.6 Å². The molecule has 7 rings (SSSR count). The van der Waals surface area contributed by atoms with Crippen LogP contribution in [0.4, 0.5) is 5.69 Å². The summed E-state index contributed by atoms with van der Waals surface area (Å²) in [6.45, 7) is 8.89. The summed E-state index contributed by atoms with van der Waals surface area (Å²) in [7, 11) is 4.13. The van der Waals surface area contributed by atoms with Gasteiger partial charge in [0.2, 0.25) is 0 Å². The summed E-state index contributed by atoms with van der Waals surface area (Å²) in [5, 5.41) is 0. The summed E-state index contributed by atoms with van der Waals surface area (Å²) in [5.41, 5.74) is 12.5. The lowest BCUT2D eigenvalue weighted by atomic mass is 9.95. The molecule has 0 aliphatic rings. The number of hydrogen-bond acceptors (Lipinski definition) is 8. The quantitative estimate of drug-likeness (QED) is 0.167. The molecule has 44 heavy (non-hydrogen) atoms. The first-order valence-corrected chi connectivity index (χ1v) is 17.6. The molecule has 0 atom stereocenters. The second-order valence-electron chi connectivity index (χ2n) is 11.9. The first-order chi connectivity index (χ1) is 21.3. The van der Waals surface area contributed by atoms with Gasteiger partial charge in [-0.15, -0.1) is 22.7 Å². The topological polar surface area (TPSA) is 54.8 Å². The van der Waals surface area contributed by atoms with E-state index in [9.17, 15) is 0 Å². The van der Waals surface area contributed by atoms with Gasteiger partial charge in [0, 0.05) is 50.1 Å². The van der Waals surface area contributed by atoms with Crippen LogP contribution in [0.2, 0.25) is 0 Å². The van der Waals surface area contributed by atoms with Crippen LogP contribution in [-0.2, 0) is 19.3 Å². The van der Waals surface area contributed by atoms with E-state index >= 15 is 0 Å². The Balaban J connectivity index is 1.42. The van der Waals surface area contributed by atoms with E-state index in [1.165, 1.54) is 47.7 Å². The fourth-order valence-electron chi connectivity index (χ4n) is 5.96. The third-order valence-electron chi connectivity index (χ3n) is 8.16. The van der Waals surface area contributed by atoms with E-state index in [1.807, 2.05) is 22.7 Å². The van der Waals surface area contributed by atoms with Crippen LogP contribution >= 0.6 is 34.4 Å². The van der Waals surface area contributed by atoms with Crippen LogP contribution in [0.15, 0.2) is 60.7 Å².